The van der Waals surface area contributed by atoms with Crippen LogP contribution in [0.15, 0.2) is 29.2 Å². The third-order valence-corrected chi connectivity index (χ3v) is 5.50. The lowest BCUT2D eigenvalue weighted by Gasteiger charge is -2.18. The highest BCUT2D eigenvalue weighted by atomic mass is 32.2. The van der Waals surface area contributed by atoms with E-state index < -0.39 is 10.0 Å². The second kappa shape index (κ2) is 6.87. The molecule has 0 saturated carbocycles. The second-order valence-corrected chi connectivity index (χ2v) is 7.13. The Hall–Kier alpha value is -0.950. The molecule has 1 aromatic rings. The summed E-state index contributed by atoms with van der Waals surface area (Å²) in [6.45, 7) is 4.56. The van der Waals surface area contributed by atoms with Gasteiger partial charge >= 0.3 is 0 Å². The molecule has 6 heteroatoms. The standard InChI is InChI=1S/C15H24N2O3S/c1-4-14(16-3)12-6-5-7-13(10-12)21(18,19)17-15-8-9-20-11(15)2/h5-7,10-11,14-17H,4,8-9H2,1-3H3. The first-order chi connectivity index (χ1) is 9.97. The predicted molar refractivity (Wildman–Crippen MR) is 82.7 cm³/mol. The van der Waals surface area contributed by atoms with Crippen molar-refractivity contribution in [3.05, 3.63) is 29.8 Å². The molecule has 1 fully saturated rings. The van der Waals surface area contributed by atoms with Gasteiger partial charge < -0.3 is 10.1 Å². The lowest BCUT2D eigenvalue weighted by Crippen LogP contribution is -2.39. The maximum absolute atomic E-state index is 12.5. The van der Waals surface area contributed by atoms with E-state index in [9.17, 15) is 8.42 Å². The van der Waals surface area contributed by atoms with E-state index >= 15 is 0 Å². The van der Waals surface area contributed by atoms with Crippen LogP contribution in [-0.4, -0.2) is 34.2 Å². The van der Waals surface area contributed by atoms with Gasteiger partial charge in [-0.2, -0.15) is 0 Å². The summed E-state index contributed by atoms with van der Waals surface area (Å²) in [4.78, 5) is 0.313. The lowest BCUT2D eigenvalue weighted by molar-refractivity contribution is 0.117. The van der Waals surface area contributed by atoms with Crippen LogP contribution < -0.4 is 10.0 Å². The van der Waals surface area contributed by atoms with E-state index in [1.165, 1.54) is 0 Å². The lowest BCUT2D eigenvalue weighted by atomic mass is 10.1. The zero-order valence-electron chi connectivity index (χ0n) is 12.8. The van der Waals surface area contributed by atoms with Crippen LogP contribution >= 0.6 is 0 Å². The number of hydrogen-bond donors (Lipinski definition) is 2. The van der Waals surface area contributed by atoms with Gasteiger partial charge in [-0.25, -0.2) is 13.1 Å². The van der Waals surface area contributed by atoms with Crippen molar-refractivity contribution in [2.24, 2.45) is 0 Å². The largest absolute Gasteiger partial charge is 0.377 e. The summed E-state index contributed by atoms with van der Waals surface area (Å²) in [5.41, 5.74) is 0.985. The molecule has 0 amide bonds. The van der Waals surface area contributed by atoms with Crippen molar-refractivity contribution in [3.8, 4) is 0 Å². The quantitative estimate of drug-likeness (QED) is 0.841. The zero-order valence-corrected chi connectivity index (χ0v) is 13.6. The molecule has 0 radical (unpaired) electrons. The Labute approximate surface area is 127 Å². The average molecular weight is 312 g/mol. The maximum atomic E-state index is 12.5. The van der Waals surface area contributed by atoms with E-state index in [2.05, 4.69) is 17.0 Å². The summed E-state index contributed by atoms with van der Waals surface area (Å²) in [5, 5.41) is 3.19. The Bertz CT molecular complexity index is 570. The number of sulfonamides is 1. The molecule has 3 unspecified atom stereocenters. The summed E-state index contributed by atoms with van der Waals surface area (Å²) in [5.74, 6) is 0. The van der Waals surface area contributed by atoms with Gasteiger partial charge in [0.1, 0.15) is 0 Å². The fourth-order valence-electron chi connectivity index (χ4n) is 2.66. The summed E-state index contributed by atoms with van der Waals surface area (Å²) >= 11 is 0. The number of benzene rings is 1. The predicted octanol–water partition coefficient (Wildman–Crippen LogP) is 1.81. The smallest absolute Gasteiger partial charge is 0.240 e. The minimum atomic E-state index is -3.51. The topological polar surface area (TPSA) is 67.4 Å². The van der Waals surface area contributed by atoms with E-state index in [0.29, 0.717) is 17.9 Å². The third kappa shape index (κ3) is 3.83. The minimum Gasteiger partial charge on any atom is -0.377 e. The minimum absolute atomic E-state index is 0.0799. The van der Waals surface area contributed by atoms with Crippen LogP contribution in [-0.2, 0) is 14.8 Å². The SMILES string of the molecule is CCC(NC)c1cccc(S(=O)(=O)NC2CCOC2C)c1. The van der Waals surface area contributed by atoms with Crippen molar-refractivity contribution in [2.45, 2.75) is 49.8 Å². The first kappa shape index (κ1) is 16.4. The van der Waals surface area contributed by atoms with Gasteiger partial charge in [0.05, 0.1) is 17.0 Å². The highest BCUT2D eigenvalue weighted by Crippen LogP contribution is 2.21. The Kier molecular flexibility index (Phi) is 5.37. The summed E-state index contributed by atoms with van der Waals surface area (Å²) in [7, 11) is -1.63. The van der Waals surface area contributed by atoms with Crippen molar-refractivity contribution in [2.75, 3.05) is 13.7 Å². The molecule has 1 heterocycles. The van der Waals surface area contributed by atoms with E-state index in [0.717, 1.165) is 12.0 Å². The number of rotatable bonds is 6. The van der Waals surface area contributed by atoms with Crippen molar-refractivity contribution in [3.63, 3.8) is 0 Å². The first-order valence-corrected chi connectivity index (χ1v) is 8.87. The molecule has 118 valence electrons. The van der Waals surface area contributed by atoms with E-state index in [4.69, 9.17) is 4.74 Å². The highest BCUT2D eigenvalue weighted by molar-refractivity contribution is 7.89. The van der Waals surface area contributed by atoms with Crippen LogP contribution in [0.4, 0.5) is 0 Å². The molecule has 1 aliphatic heterocycles. The number of nitrogens with one attached hydrogen (secondary N) is 2. The fraction of sp³-hybridized carbons (Fsp3) is 0.600. The van der Waals surface area contributed by atoms with Crippen LogP contribution in [0.2, 0.25) is 0 Å². The fourth-order valence-corrected chi connectivity index (χ4v) is 4.05. The van der Waals surface area contributed by atoms with Crippen LogP contribution in [0.25, 0.3) is 0 Å². The maximum Gasteiger partial charge on any atom is 0.240 e. The molecule has 0 aromatic heterocycles. The third-order valence-electron chi connectivity index (χ3n) is 4.01. The molecule has 0 aliphatic carbocycles. The summed E-state index contributed by atoms with van der Waals surface area (Å²) in [6, 6.07) is 7.13. The van der Waals surface area contributed by atoms with Gasteiger partial charge in [0.25, 0.3) is 0 Å². The van der Waals surface area contributed by atoms with E-state index in [1.54, 1.807) is 18.2 Å². The van der Waals surface area contributed by atoms with Gasteiger partial charge in [-0.3, -0.25) is 0 Å². The molecule has 21 heavy (non-hydrogen) atoms. The van der Waals surface area contributed by atoms with Gasteiger partial charge in [0.2, 0.25) is 10.0 Å². The number of ether oxygens (including phenoxy) is 1. The van der Waals surface area contributed by atoms with Gasteiger partial charge in [0.15, 0.2) is 0 Å². The Morgan fingerprint density at radius 3 is 2.76 bits per heavy atom. The summed E-state index contributed by atoms with van der Waals surface area (Å²) in [6.07, 6.45) is 1.54. The van der Waals surface area contributed by atoms with E-state index in [-0.39, 0.29) is 18.2 Å². The second-order valence-electron chi connectivity index (χ2n) is 5.41. The van der Waals surface area contributed by atoms with E-state index in [1.807, 2.05) is 20.0 Å². The molecular weight excluding hydrogens is 288 g/mol. The molecule has 2 N–H and O–H groups in total. The van der Waals surface area contributed by atoms with Crippen molar-refractivity contribution < 1.29 is 13.2 Å². The molecule has 0 bridgehead atoms. The first-order valence-electron chi connectivity index (χ1n) is 7.39. The normalized spacial score (nSPS) is 24.1. The average Bonchev–Trinajstić information content (AvgIpc) is 2.85. The van der Waals surface area contributed by atoms with Crippen LogP contribution in [0.3, 0.4) is 0 Å². The molecule has 0 spiro atoms. The van der Waals surface area contributed by atoms with Crippen molar-refractivity contribution in [1.29, 1.82) is 0 Å². The molecule has 2 rings (SSSR count). The molecule has 1 saturated heterocycles. The molecule has 5 nitrogen and oxygen atoms in total. The monoisotopic (exact) mass is 312 g/mol. The highest BCUT2D eigenvalue weighted by Gasteiger charge is 2.29. The number of hydrogen-bond acceptors (Lipinski definition) is 4. The van der Waals surface area contributed by atoms with Crippen molar-refractivity contribution >= 4 is 10.0 Å². The van der Waals surface area contributed by atoms with Gasteiger partial charge in [-0.1, -0.05) is 19.1 Å². The Morgan fingerprint density at radius 1 is 1.43 bits per heavy atom. The van der Waals surface area contributed by atoms with Gasteiger partial charge in [-0.05, 0) is 44.5 Å². The molecule has 1 aromatic carbocycles. The van der Waals surface area contributed by atoms with Crippen LogP contribution in [0.1, 0.15) is 38.3 Å². The van der Waals surface area contributed by atoms with Crippen LogP contribution in [0.5, 0.6) is 0 Å². The van der Waals surface area contributed by atoms with Crippen LogP contribution in [0, 0.1) is 0 Å². The molecule has 1 aliphatic rings. The van der Waals surface area contributed by atoms with Crippen molar-refractivity contribution in [1.82, 2.24) is 10.0 Å². The van der Waals surface area contributed by atoms with Gasteiger partial charge in [0, 0.05) is 12.6 Å². The molecule has 3 atom stereocenters. The summed E-state index contributed by atoms with van der Waals surface area (Å²) < 4.78 is 33.2. The zero-order chi connectivity index (χ0) is 15.5. The molecular formula is C15H24N2O3S. The van der Waals surface area contributed by atoms with Gasteiger partial charge in [-0.15, -0.1) is 0 Å². The Morgan fingerprint density at radius 2 is 2.19 bits per heavy atom. The Balaban J connectivity index is 2.21.